The van der Waals surface area contributed by atoms with Crippen LogP contribution in [0.4, 0.5) is 0 Å². The molecular weight excluding hydrogens is 124 g/mol. The normalized spacial score (nSPS) is 25.1. The molecular formula is C8H16N2. The average Bonchev–Trinajstić information content (AvgIpc) is 2.03. The lowest BCUT2D eigenvalue weighted by Crippen LogP contribution is -2.39. The van der Waals surface area contributed by atoms with E-state index in [0.717, 1.165) is 19.6 Å². The van der Waals surface area contributed by atoms with Gasteiger partial charge in [-0.3, -0.25) is 0 Å². The second kappa shape index (κ2) is 4.47. The third-order valence-corrected chi connectivity index (χ3v) is 1.70. The predicted octanol–water partition coefficient (Wildman–Crippen LogP) is 0.514. The molecule has 1 heterocycles. The summed E-state index contributed by atoms with van der Waals surface area (Å²) in [7, 11) is 0. The molecule has 0 fully saturated rings. The van der Waals surface area contributed by atoms with E-state index in [1.54, 1.807) is 0 Å². The third kappa shape index (κ3) is 2.50. The van der Waals surface area contributed by atoms with Gasteiger partial charge in [-0.2, -0.15) is 0 Å². The molecule has 0 aromatic rings. The van der Waals surface area contributed by atoms with Crippen molar-refractivity contribution in [1.29, 1.82) is 0 Å². The molecule has 2 heteroatoms. The van der Waals surface area contributed by atoms with Crippen molar-refractivity contribution >= 4 is 0 Å². The second-order valence-electron chi connectivity index (χ2n) is 2.59. The van der Waals surface area contributed by atoms with Crippen LogP contribution in [0.3, 0.4) is 0 Å². The topological polar surface area (TPSA) is 24.1 Å². The first kappa shape index (κ1) is 7.76. The second-order valence-corrected chi connectivity index (χ2v) is 2.59. The van der Waals surface area contributed by atoms with Crippen molar-refractivity contribution in [3.63, 3.8) is 0 Å². The molecule has 1 aliphatic rings. The smallest absolute Gasteiger partial charge is 0.0376 e. The lowest BCUT2D eigenvalue weighted by atomic mass is 10.2. The largest absolute Gasteiger partial charge is 0.315 e. The summed E-state index contributed by atoms with van der Waals surface area (Å²) in [4.78, 5) is 0. The standard InChI is InChI=1S/C8H16N2/c1-2-9-7-8-5-3-4-6-10-8/h3,5,8-10H,2,4,6-7H2,1H3. The van der Waals surface area contributed by atoms with Gasteiger partial charge in [0.25, 0.3) is 0 Å². The molecule has 1 rings (SSSR count). The molecule has 0 aromatic carbocycles. The summed E-state index contributed by atoms with van der Waals surface area (Å²) in [6.07, 6.45) is 5.67. The van der Waals surface area contributed by atoms with Crippen LogP contribution in [0.5, 0.6) is 0 Å². The average molecular weight is 140 g/mol. The minimum atomic E-state index is 0.564. The number of rotatable bonds is 3. The fourth-order valence-electron chi connectivity index (χ4n) is 1.12. The van der Waals surface area contributed by atoms with Crippen LogP contribution in [0.15, 0.2) is 12.2 Å². The summed E-state index contributed by atoms with van der Waals surface area (Å²) in [5.41, 5.74) is 0. The molecule has 0 spiro atoms. The van der Waals surface area contributed by atoms with Gasteiger partial charge in [0, 0.05) is 12.6 Å². The number of hydrogen-bond acceptors (Lipinski definition) is 2. The highest BCUT2D eigenvalue weighted by atomic mass is 15.0. The first-order chi connectivity index (χ1) is 4.93. The Morgan fingerprint density at radius 3 is 3.20 bits per heavy atom. The Morgan fingerprint density at radius 1 is 1.70 bits per heavy atom. The molecule has 1 aliphatic heterocycles. The maximum absolute atomic E-state index is 3.40. The lowest BCUT2D eigenvalue weighted by molar-refractivity contribution is 0.534. The van der Waals surface area contributed by atoms with E-state index in [1.807, 2.05) is 0 Å². The van der Waals surface area contributed by atoms with Crippen LogP contribution in [-0.2, 0) is 0 Å². The van der Waals surface area contributed by atoms with E-state index >= 15 is 0 Å². The highest BCUT2D eigenvalue weighted by molar-refractivity contribution is 4.98. The molecule has 0 radical (unpaired) electrons. The molecule has 0 bridgehead atoms. The van der Waals surface area contributed by atoms with E-state index in [1.165, 1.54) is 6.42 Å². The van der Waals surface area contributed by atoms with E-state index in [4.69, 9.17) is 0 Å². The minimum Gasteiger partial charge on any atom is -0.315 e. The van der Waals surface area contributed by atoms with Crippen molar-refractivity contribution in [2.75, 3.05) is 19.6 Å². The molecule has 0 saturated carbocycles. The van der Waals surface area contributed by atoms with E-state index < -0.39 is 0 Å². The highest BCUT2D eigenvalue weighted by Gasteiger charge is 2.04. The van der Waals surface area contributed by atoms with Gasteiger partial charge in [-0.1, -0.05) is 19.1 Å². The van der Waals surface area contributed by atoms with Gasteiger partial charge >= 0.3 is 0 Å². The Balaban J connectivity index is 2.13. The predicted molar refractivity (Wildman–Crippen MR) is 44.1 cm³/mol. The van der Waals surface area contributed by atoms with Crippen molar-refractivity contribution in [3.8, 4) is 0 Å². The Labute approximate surface area is 62.7 Å². The van der Waals surface area contributed by atoms with Crippen LogP contribution in [0.2, 0.25) is 0 Å². The summed E-state index contributed by atoms with van der Waals surface area (Å²) in [5.74, 6) is 0. The van der Waals surface area contributed by atoms with Gasteiger partial charge in [0.1, 0.15) is 0 Å². The van der Waals surface area contributed by atoms with E-state index in [9.17, 15) is 0 Å². The Kier molecular flexibility index (Phi) is 3.47. The SMILES string of the molecule is CCNCC1C=CCCN1. The van der Waals surface area contributed by atoms with Gasteiger partial charge in [-0.05, 0) is 19.5 Å². The first-order valence-electron chi connectivity index (χ1n) is 4.04. The summed E-state index contributed by atoms with van der Waals surface area (Å²) >= 11 is 0. The maximum Gasteiger partial charge on any atom is 0.0376 e. The summed E-state index contributed by atoms with van der Waals surface area (Å²) in [6, 6.07) is 0.564. The van der Waals surface area contributed by atoms with Crippen molar-refractivity contribution in [2.24, 2.45) is 0 Å². The van der Waals surface area contributed by atoms with Gasteiger partial charge in [-0.15, -0.1) is 0 Å². The molecule has 2 nitrogen and oxygen atoms in total. The summed E-state index contributed by atoms with van der Waals surface area (Å²) in [5, 5.41) is 6.71. The Bertz CT molecular complexity index is 110. The van der Waals surface area contributed by atoms with Crippen LogP contribution < -0.4 is 10.6 Å². The minimum absolute atomic E-state index is 0.564. The molecule has 1 atom stereocenters. The summed E-state index contributed by atoms with van der Waals surface area (Å²) in [6.45, 7) is 5.39. The van der Waals surface area contributed by atoms with Crippen LogP contribution in [0.1, 0.15) is 13.3 Å². The fraction of sp³-hybridized carbons (Fsp3) is 0.750. The molecule has 0 aliphatic carbocycles. The quantitative estimate of drug-likeness (QED) is 0.558. The molecule has 1 unspecified atom stereocenters. The van der Waals surface area contributed by atoms with Gasteiger partial charge < -0.3 is 10.6 Å². The number of nitrogens with one attached hydrogen (secondary N) is 2. The zero-order valence-electron chi connectivity index (χ0n) is 6.56. The number of likely N-dealkylation sites (N-methyl/N-ethyl adjacent to an activating group) is 1. The van der Waals surface area contributed by atoms with Crippen molar-refractivity contribution in [3.05, 3.63) is 12.2 Å². The van der Waals surface area contributed by atoms with Crippen LogP contribution in [0.25, 0.3) is 0 Å². The Morgan fingerprint density at radius 2 is 2.60 bits per heavy atom. The van der Waals surface area contributed by atoms with Crippen molar-refractivity contribution in [2.45, 2.75) is 19.4 Å². The van der Waals surface area contributed by atoms with E-state index in [-0.39, 0.29) is 0 Å². The van der Waals surface area contributed by atoms with E-state index in [2.05, 4.69) is 29.7 Å². The fourth-order valence-corrected chi connectivity index (χ4v) is 1.12. The van der Waals surface area contributed by atoms with Crippen LogP contribution in [-0.4, -0.2) is 25.7 Å². The monoisotopic (exact) mass is 140 g/mol. The molecule has 0 amide bonds. The van der Waals surface area contributed by atoms with Gasteiger partial charge in [0.05, 0.1) is 0 Å². The summed E-state index contributed by atoms with van der Waals surface area (Å²) < 4.78 is 0. The Hall–Kier alpha value is -0.340. The molecule has 10 heavy (non-hydrogen) atoms. The van der Waals surface area contributed by atoms with Gasteiger partial charge in [0.15, 0.2) is 0 Å². The zero-order valence-corrected chi connectivity index (χ0v) is 6.56. The number of hydrogen-bond donors (Lipinski definition) is 2. The maximum atomic E-state index is 3.40. The van der Waals surface area contributed by atoms with Crippen molar-refractivity contribution < 1.29 is 0 Å². The molecule has 58 valence electrons. The van der Waals surface area contributed by atoms with E-state index in [0.29, 0.717) is 6.04 Å². The highest BCUT2D eigenvalue weighted by Crippen LogP contribution is 1.94. The van der Waals surface area contributed by atoms with Gasteiger partial charge in [0.2, 0.25) is 0 Å². The van der Waals surface area contributed by atoms with Crippen LogP contribution >= 0.6 is 0 Å². The van der Waals surface area contributed by atoms with Crippen molar-refractivity contribution in [1.82, 2.24) is 10.6 Å². The molecule has 0 aromatic heterocycles. The molecule has 0 saturated heterocycles. The lowest BCUT2D eigenvalue weighted by Gasteiger charge is -2.18. The van der Waals surface area contributed by atoms with Gasteiger partial charge in [-0.25, -0.2) is 0 Å². The third-order valence-electron chi connectivity index (χ3n) is 1.70. The van der Waals surface area contributed by atoms with Crippen LogP contribution in [0, 0.1) is 0 Å². The molecule has 2 N–H and O–H groups in total. The first-order valence-corrected chi connectivity index (χ1v) is 4.04. The zero-order chi connectivity index (χ0) is 7.23.